The number of amides is 1. The highest BCUT2D eigenvalue weighted by Crippen LogP contribution is 2.25. The van der Waals surface area contributed by atoms with Crippen molar-refractivity contribution in [3.63, 3.8) is 0 Å². The van der Waals surface area contributed by atoms with Crippen molar-refractivity contribution in [1.29, 1.82) is 0 Å². The van der Waals surface area contributed by atoms with E-state index in [2.05, 4.69) is 22.5 Å². The lowest BCUT2D eigenvalue weighted by atomic mass is 9.88. The number of carbonyl (C=O) groups is 1. The van der Waals surface area contributed by atoms with Crippen molar-refractivity contribution in [3.8, 4) is 0 Å². The highest BCUT2D eigenvalue weighted by molar-refractivity contribution is 5.77. The quantitative estimate of drug-likeness (QED) is 0.716. The Kier molecular flexibility index (Phi) is 4.59. The van der Waals surface area contributed by atoms with Gasteiger partial charge >= 0.3 is 0 Å². The third kappa shape index (κ3) is 3.67. The first-order chi connectivity index (χ1) is 8.61. The maximum absolute atomic E-state index is 11.3. The Morgan fingerprint density at radius 3 is 2.56 bits per heavy atom. The number of ether oxygens (including phenoxy) is 1. The average molecular weight is 255 g/mol. The molecule has 0 atom stereocenters. The van der Waals surface area contributed by atoms with Gasteiger partial charge in [-0.2, -0.15) is 0 Å². The Labute approximate surface area is 109 Å². The molecule has 0 bridgehead atoms. The van der Waals surface area contributed by atoms with Gasteiger partial charge in [0.25, 0.3) is 0 Å². The van der Waals surface area contributed by atoms with Crippen molar-refractivity contribution >= 4 is 5.91 Å². The summed E-state index contributed by atoms with van der Waals surface area (Å²) in [5, 5.41) is 6.32. The lowest BCUT2D eigenvalue weighted by molar-refractivity contribution is -0.122. The number of hydrogen-bond donors (Lipinski definition) is 2. The molecule has 1 amide bonds. The molecule has 2 rings (SSSR count). The van der Waals surface area contributed by atoms with E-state index >= 15 is 0 Å². The van der Waals surface area contributed by atoms with Gasteiger partial charge in [-0.1, -0.05) is 6.92 Å². The van der Waals surface area contributed by atoms with Gasteiger partial charge in [-0.15, -0.1) is 0 Å². The average Bonchev–Trinajstić information content (AvgIpc) is 2.35. The van der Waals surface area contributed by atoms with Gasteiger partial charge in [-0.05, 0) is 12.8 Å². The number of carbonyl (C=O) groups excluding carboxylic acids is 1. The van der Waals surface area contributed by atoms with Gasteiger partial charge in [0.05, 0.1) is 19.8 Å². The van der Waals surface area contributed by atoms with Crippen molar-refractivity contribution in [2.75, 3.05) is 46.4 Å². The molecule has 0 aromatic heterocycles. The second-order valence-electron chi connectivity index (χ2n) is 5.91. The maximum Gasteiger partial charge on any atom is 0.233 e. The van der Waals surface area contributed by atoms with E-state index in [0.29, 0.717) is 18.0 Å². The molecule has 0 unspecified atom stereocenters. The number of nitrogens with one attached hydrogen (secondary N) is 2. The summed E-state index contributed by atoms with van der Waals surface area (Å²) in [7, 11) is 1.69. The summed E-state index contributed by atoms with van der Waals surface area (Å²) >= 11 is 0. The number of hydrogen-bond acceptors (Lipinski definition) is 4. The number of rotatable bonds is 5. The van der Waals surface area contributed by atoms with Gasteiger partial charge in [-0.3, -0.25) is 9.69 Å². The minimum Gasteiger partial charge on any atom is -0.380 e. The Morgan fingerprint density at radius 2 is 2.06 bits per heavy atom. The molecular formula is C13H25N3O2. The van der Waals surface area contributed by atoms with Crippen LogP contribution in [0.1, 0.15) is 19.8 Å². The van der Waals surface area contributed by atoms with Crippen molar-refractivity contribution in [2.24, 2.45) is 5.41 Å². The zero-order valence-corrected chi connectivity index (χ0v) is 11.5. The summed E-state index contributed by atoms with van der Waals surface area (Å²) in [5.41, 5.74) is 0.346. The lowest BCUT2D eigenvalue weighted by Gasteiger charge is -2.40. The fourth-order valence-electron chi connectivity index (χ4n) is 2.52. The van der Waals surface area contributed by atoms with Crippen LogP contribution in [0.2, 0.25) is 0 Å². The zero-order valence-electron chi connectivity index (χ0n) is 11.5. The third-order valence-electron chi connectivity index (χ3n) is 3.95. The van der Waals surface area contributed by atoms with E-state index < -0.39 is 0 Å². The van der Waals surface area contributed by atoms with Gasteiger partial charge in [0.15, 0.2) is 0 Å². The van der Waals surface area contributed by atoms with Gasteiger partial charge in [0.2, 0.25) is 5.91 Å². The summed E-state index contributed by atoms with van der Waals surface area (Å²) in [4.78, 5) is 13.5. The summed E-state index contributed by atoms with van der Waals surface area (Å²) in [5.74, 6) is 0.112. The van der Waals surface area contributed by atoms with Crippen molar-refractivity contribution < 1.29 is 9.53 Å². The van der Waals surface area contributed by atoms with Crippen LogP contribution < -0.4 is 10.6 Å². The Hall–Kier alpha value is -0.650. The molecule has 0 radical (unpaired) electrons. The molecule has 2 saturated heterocycles. The largest absolute Gasteiger partial charge is 0.380 e. The van der Waals surface area contributed by atoms with E-state index in [4.69, 9.17) is 4.74 Å². The lowest BCUT2D eigenvalue weighted by Crippen LogP contribution is -2.52. The molecule has 2 N–H and O–H groups in total. The molecule has 2 heterocycles. The van der Waals surface area contributed by atoms with Gasteiger partial charge in [0, 0.05) is 38.1 Å². The molecule has 2 aliphatic rings. The first-order valence-corrected chi connectivity index (χ1v) is 6.85. The Balaban J connectivity index is 1.62. The molecule has 0 aromatic carbocycles. The third-order valence-corrected chi connectivity index (χ3v) is 3.95. The molecule has 5 heteroatoms. The Bertz CT molecular complexity index is 284. The van der Waals surface area contributed by atoms with E-state index in [0.717, 1.165) is 45.7 Å². The SMILES string of the molecule is CNC(=O)CN1CCC(NCC2(C)COC2)CC1. The maximum atomic E-state index is 11.3. The van der Waals surface area contributed by atoms with Crippen LogP contribution in [0.5, 0.6) is 0 Å². The summed E-state index contributed by atoms with van der Waals surface area (Å²) in [6, 6.07) is 0.600. The van der Waals surface area contributed by atoms with Crippen LogP contribution in [-0.2, 0) is 9.53 Å². The molecule has 2 fully saturated rings. The van der Waals surface area contributed by atoms with Crippen LogP contribution in [0.25, 0.3) is 0 Å². The van der Waals surface area contributed by atoms with Gasteiger partial charge < -0.3 is 15.4 Å². The van der Waals surface area contributed by atoms with E-state index in [1.165, 1.54) is 0 Å². The standard InChI is InChI=1S/C13H25N3O2/c1-13(9-18-10-13)8-15-11-3-5-16(6-4-11)7-12(17)14-2/h11,15H,3-10H2,1-2H3,(H,14,17). The number of nitrogens with zero attached hydrogens (tertiary/aromatic N) is 1. The van der Waals surface area contributed by atoms with Crippen molar-refractivity contribution in [2.45, 2.75) is 25.8 Å². The minimum atomic E-state index is 0.112. The van der Waals surface area contributed by atoms with Crippen LogP contribution in [0.15, 0.2) is 0 Å². The molecule has 104 valence electrons. The summed E-state index contributed by atoms with van der Waals surface area (Å²) in [6.45, 7) is 7.65. The highest BCUT2D eigenvalue weighted by atomic mass is 16.5. The smallest absolute Gasteiger partial charge is 0.233 e. The molecule has 2 aliphatic heterocycles. The van der Waals surface area contributed by atoms with Crippen molar-refractivity contribution in [1.82, 2.24) is 15.5 Å². The van der Waals surface area contributed by atoms with Crippen LogP contribution >= 0.6 is 0 Å². The second-order valence-corrected chi connectivity index (χ2v) is 5.91. The Morgan fingerprint density at radius 1 is 1.39 bits per heavy atom. The molecular weight excluding hydrogens is 230 g/mol. The van der Waals surface area contributed by atoms with E-state index in [1.54, 1.807) is 7.05 Å². The monoisotopic (exact) mass is 255 g/mol. The minimum absolute atomic E-state index is 0.112. The predicted molar refractivity (Wildman–Crippen MR) is 70.5 cm³/mol. The molecule has 0 saturated carbocycles. The van der Waals surface area contributed by atoms with E-state index in [9.17, 15) is 4.79 Å². The van der Waals surface area contributed by atoms with Crippen molar-refractivity contribution in [3.05, 3.63) is 0 Å². The van der Waals surface area contributed by atoms with Gasteiger partial charge in [-0.25, -0.2) is 0 Å². The number of likely N-dealkylation sites (N-methyl/N-ethyl adjacent to an activating group) is 1. The first-order valence-electron chi connectivity index (χ1n) is 6.85. The van der Waals surface area contributed by atoms with Gasteiger partial charge in [0.1, 0.15) is 0 Å². The predicted octanol–water partition coefficient (Wildman–Crippen LogP) is -0.177. The normalized spacial score (nSPS) is 24.6. The van der Waals surface area contributed by atoms with Crippen LogP contribution in [0.3, 0.4) is 0 Å². The number of likely N-dealkylation sites (tertiary alicyclic amines) is 1. The molecule has 5 nitrogen and oxygen atoms in total. The van der Waals surface area contributed by atoms with E-state index in [-0.39, 0.29) is 5.91 Å². The number of piperidine rings is 1. The molecule has 0 aliphatic carbocycles. The molecule has 0 spiro atoms. The fraction of sp³-hybridized carbons (Fsp3) is 0.923. The highest BCUT2D eigenvalue weighted by Gasteiger charge is 2.33. The van der Waals surface area contributed by atoms with Crippen LogP contribution in [-0.4, -0.2) is 63.3 Å². The summed E-state index contributed by atoms with van der Waals surface area (Å²) < 4.78 is 5.26. The zero-order chi connectivity index (χ0) is 13.0. The summed E-state index contributed by atoms with van der Waals surface area (Å²) in [6.07, 6.45) is 2.27. The molecule has 18 heavy (non-hydrogen) atoms. The topological polar surface area (TPSA) is 53.6 Å². The molecule has 0 aromatic rings. The van der Waals surface area contributed by atoms with Crippen LogP contribution in [0.4, 0.5) is 0 Å². The second kappa shape index (κ2) is 5.99. The first kappa shape index (κ1) is 13.8. The van der Waals surface area contributed by atoms with E-state index in [1.807, 2.05) is 0 Å². The fourth-order valence-corrected chi connectivity index (χ4v) is 2.52. The van der Waals surface area contributed by atoms with Crippen LogP contribution in [0, 0.1) is 5.41 Å².